The van der Waals surface area contributed by atoms with Gasteiger partial charge in [-0.15, -0.1) is 0 Å². The van der Waals surface area contributed by atoms with Crippen LogP contribution in [0.25, 0.3) is 32.7 Å². The van der Waals surface area contributed by atoms with Gasteiger partial charge in [0.25, 0.3) is 0 Å². The third kappa shape index (κ3) is 8.50. The molecular weight excluding hydrogens is 749 g/mol. The lowest BCUT2D eigenvalue weighted by Crippen LogP contribution is -2.31. The van der Waals surface area contributed by atoms with E-state index >= 15 is 0 Å². The maximum absolute atomic E-state index is 2.64. The molecule has 2 nitrogen and oxygen atoms in total. The van der Waals surface area contributed by atoms with Crippen LogP contribution in [0.3, 0.4) is 0 Å². The molecule has 1 aliphatic rings. The predicted molar refractivity (Wildman–Crippen MR) is 271 cm³/mol. The minimum atomic E-state index is 0.0392. The summed E-state index contributed by atoms with van der Waals surface area (Å²) in [6, 6.07) is 55.2. The smallest absolute Gasteiger partial charge is 0.0619 e. The third-order valence-electron chi connectivity index (χ3n) is 12.8. The normalized spacial score (nSPS) is 14.9. The fraction of sp³-hybridized carbons (Fsp3) is 0.300. The first-order chi connectivity index (χ1) is 29.3. The zero-order chi connectivity index (χ0) is 44.2. The van der Waals surface area contributed by atoms with Gasteiger partial charge in [0, 0.05) is 38.6 Å². The molecular formula is C60H66N2. The standard InChI is InChI=1S/C60H66N2/c1-57(2,3)43-23-31-47(32-24-43)61(48-33-25-44(26-34-48)58(4,5)6)55-51-20-16-17-21-52(51)56(54-40-42(22-39-53(54)55)41-18-14-13-15-19-41)62(49-35-27-45(28-36-49)59(7,8)9)50-37-29-46(30-38-50)60(10,11)12/h13-37,39-40,50H,38H2,1-12H3. The average Bonchev–Trinajstić information content (AvgIpc) is 3.24. The van der Waals surface area contributed by atoms with Gasteiger partial charge in [-0.05, 0) is 104 Å². The Kier molecular flexibility index (Phi) is 11.1. The Bertz CT molecular complexity index is 2700. The minimum Gasteiger partial charge on any atom is -0.333 e. The van der Waals surface area contributed by atoms with Gasteiger partial charge in [-0.1, -0.05) is 204 Å². The monoisotopic (exact) mass is 815 g/mol. The highest BCUT2D eigenvalue weighted by Crippen LogP contribution is 2.51. The first kappa shape index (κ1) is 42.8. The molecule has 62 heavy (non-hydrogen) atoms. The van der Waals surface area contributed by atoms with Crippen molar-refractivity contribution in [3.63, 3.8) is 0 Å². The van der Waals surface area contributed by atoms with Gasteiger partial charge in [0.15, 0.2) is 0 Å². The van der Waals surface area contributed by atoms with E-state index in [1.807, 2.05) is 0 Å². The second kappa shape index (κ2) is 16.1. The van der Waals surface area contributed by atoms with Crippen molar-refractivity contribution in [1.29, 1.82) is 0 Å². The van der Waals surface area contributed by atoms with Crippen LogP contribution in [-0.4, -0.2) is 6.04 Å². The zero-order valence-electron chi connectivity index (χ0n) is 39.3. The topological polar surface area (TPSA) is 6.48 Å². The lowest BCUT2D eigenvalue weighted by Gasteiger charge is -2.38. The number of anilines is 5. The number of rotatable bonds is 7. The zero-order valence-corrected chi connectivity index (χ0v) is 39.3. The van der Waals surface area contributed by atoms with Gasteiger partial charge in [0.1, 0.15) is 0 Å². The van der Waals surface area contributed by atoms with Crippen molar-refractivity contribution in [3.05, 3.63) is 186 Å². The Balaban J connectivity index is 1.47. The Morgan fingerprint density at radius 3 is 1.31 bits per heavy atom. The van der Waals surface area contributed by atoms with Crippen molar-refractivity contribution in [2.75, 3.05) is 9.80 Å². The highest BCUT2D eigenvalue weighted by molar-refractivity contribution is 6.23. The molecule has 0 amide bonds. The molecule has 0 saturated heterocycles. The van der Waals surface area contributed by atoms with Crippen molar-refractivity contribution in [2.45, 2.75) is 112 Å². The summed E-state index contributed by atoms with van der Waals surface area (Å²) in [7, 11) is 0. The lowest BCUT2D eigenvalue weighted by atomic mass is 9.82. The van der Waals surface area contributed by atoms with Gasteiger partial charge >= 0.3 is 0 Å². The highest BCUT2D eigenvalue weighted by atomic mass is 15.2. The van der Waals surface area contributed by atoms with E-state index in [0.29, 0.717) is 0 Å². The van der Waals surface area contributed by atoms with E-state index in [9.17, 15) is 0 Å². The fourth-order valence-electron chi connectivity index (χ4n) is 9.04. The van der Waals surface area contributed by atoms with E-state index in [1.165, 1.54) is 72.0 Å². The summed E-state index contributed by atoms with van der Waals surface area (Å²) >= 11 is 0. The minimum absolute atomic E-state index is 0.0392. The first-order valence-electron chi connectivity index (χ1n) is 22.6. The number of fused-ring (bicyclic) bond motifs is 2. The molecule has 0 fully saturated rings. The number of hydrogen-bond acceptors (Lipinski definition) is 2. The van der Waals surface area contributed by atoms with Crippen LogP contribution in [0.1, 0.15) is 106 Å². The summed E-state index contributed by atoms with van der Waals surface area (Å²) in [4.78, 5) is 5.15. The Morgan fingerprint density at radius 2 is 0.855 bits per heavy atom. The van der Waals surface area contributed by atoms with Crippen LogP contribution in [0, 0.1) is 5.41 Å². The molecule has 0 heterocycles. The van der Waals surface area contributed by atoms with Crippen molar-refractivity contribution < 1.29 is 0 Å². The maximum atomic E-state index is 2.64. The molecule has 7 aromatic rings. The van der Waals surface area contributed by atoms with Gasteiger partial charge < -0.3 is 9.80 Å². The van der Waals surface area contributed by atoms with Gasteiger partial charge in [0.2, 0.25) is 0 Å². The summed E-state index contributed by atoms with van der Waals surface area (Å²) in [5.74, 6) is 0. The third-order valence-corrected chi connectivity index (χ3v) is 12.8. The number of benzene rings is 7. The molecule has 316 valence electrons. The molecule has 0 aromatic heterocycles. The fourth-order valence-corrected chi connectivity index (χ4v) is 9.04. The summed E-state index contributed by atoms with van der Waals surface area (Å²) < 4.78 is 0. The van der Waals surface area contributed by atoms with Crippen LogP contribution in [0.15, 0.2) is 169 Å². The largest absolute Gasteiger partial charge is 0.333 e. The average molecular weight is 815 g/mol. The van der Waals surface area contributed by atoms with E-state index < -0.39 is 0 Å². The second-order valence-electron chi connectivity index (χ2n) is 21.5. The van der Waals surface area contributed by atoms with E-state index in [4.69, 9.17) is 0 Å². The molecule has 0 bridgehead atoms. The Morgan fingerprint density at radius 1 is 0.403 bits per heavy atom. The molecule has 7 aromatic carbocycles. The van der Waals surface area contributed by atoms with Crippen LogP contribution >= 0.6 is 0 Å². The van der Waals surface area contributed by atoms with E-state index in [0.717, 1.165) is 17.8 Å². The van der Waals surface area contributed by atoms with Crippen molar-refractivity contribution in [1.82, 2.24) is 0 Å². The van der Waals surface area contributed by atoms with Gasteiger partial charge in [-0.25, -0.2) is 0 Å². The van der Waals surface area contributed by atoms with Crippen LogP contribution in [0.5, 0.6) is 0 Å². The quantitative estimate of drug-likeness (QED) is 0.117. The summed E-state index contributed by atoms with van der Waals surface area (Å²) in [6.45, 7) is 27.6. The summed E-state index contributed by atoms with van der Waals surface area (Å²) in [5.41, 5.74) is 13.8. The molecule has 0 spiro atoms. The van der Waals surface area contributed by atoms with Crippen LogP contribution in [0.2, 0.25) is 0 Å². The Labute approximate surface area is 372 Å². The van der Waals surface area contributed by atoms with E-state index in [2.05, 4.69) is 257 Å². The maximum Gasteiger partial charge on any atom is 0.0619 e. The summed E-state index contributed by atoms with van der Waals surface area (Å²) in [5, 5.41) is 4.87. The molecule has 1 atom stereocenters. The number of nitrogens with zero attached hydrogens (tertiary/aromatic N) is 2. The lowest BCUT2D eigenvalue weighted by molar-refractivity contribution is 0.510. The SMILES string of the molecule is CC(C)(C)C1=CCC(N(c2ccc(C(C)(C)C)cc2)c2c3ccccc3c(N(c3ccc(C(C)(C)C)cc3)c3ccc(C(C)(C)C)cc3)c3ccc(-c4ccccc4)cc23)C=C1. The second-order valence-corrected chi connectivity index (χ2v) is 21.5. The van der Waals surface area contributed by atoms with Gasteiger partial charge in [0.05, 0.1) is 17.4 Å². The van der Waals surface area contributed by atoms with Crippen LogP contribution in [-0.2, 0) is 16.2 Å². The molecule has 2 heteroatoms. The van der Waals surface area contributed by atoms with Crippen molar-refractivity contribution in [3.8, 4) is 11.1 Å². The van der Waals surface area contributed by atoms with Crippen molar-refractivity contribution in [2.24, 2.45) is 5.41 Å². The molecule has 0 radical (unpaired) electrons. The number of allylic oxidation sites excluding steroid dienone is 2. The highest BCUT2D eigenvalue weighted by Gasteiger charge is 2.30. The first-order valence-corrected chi connectivity index (χ1v) is 22.6. The van der Waals surface area contributed by atoms with Crippen LogP contribution in [0.4, 0.5) is 28.4 Å². The predicted octanol–water partition coefficient (Wildman–Crippen LogP) is 17.5. The Hall–Kier alpha value is -5.86. The molecule has 0 aliphatic heterocycles. The molecule has 0 saturated carbocycles. The van der Waals surface area contributed by atoms with Crippen molar-refractivity contribution >= 4 is 50.0 Å². The van der Waals surface area contributed by atoms with Crippen LogP contribution < -0.4 is 9.80 Å². The molecule has 8 rings (SSSR count). The summed E-state index contributed by atoms with van der Waals surface area (Å²) in [6.07, 6.45) is 8.21. The van der Waals surface area contributed by atoms with E-state index in [-0.39, 0.29) is 27.7 Å². The molecule has 1 aliphatic carbocycles. The van der Waals surface area contributed by atoms with Gasteiger partial charge in [-0.2, -0.15) is 0 Å². The van der Waals surface area contributed by atoms with Gasteiger partial charge in [-0.3, -0.25) is 0 Å². The van der Waals surface area contributed by atoms with E-state index in [1.54, 1.807) is 0 Å². The molecule has 1 unspecified atom stereocenters. The molecule has 0 N–H and O–H groups in total. The number of hydrogen-bond donors (Lipinski definition) is 0.